The summed E-state index contributed by atoms with van der Waals surface area (Å²) in [6.45, 7) is 1.63. The van der Waals surface area contributed by atoms with E-state index < -0.39 is 5.91 Å². The first-order valence-electron chi connectivity index (χ1n) is 6.39. The van der Waals surface area contributed by atoms with Gasteiger partial charge >= 0.3 is 0 Å². The number of benzene rings is 1. The minimum absolute atomic E-state index is 0.0217. The molecule has 0 fully saturated rings. The number of thiocarbonyl (C=S) groups is 1. The van der Waals surface area contributed by atoms with E-state index in [9.17, 15) is 9.59 Å². The van der Waals surface area contributed by atoms with E-state index in [1.54, 1.807) is 18.2 Å². The number of ether oxygens (including phenoxy) is 1. The number of rotatable bonds is 5. The van der Waals surface area contributed by atoms with Gasteiger partial charge in [0.25, 0.3) is 5.91 Å². The predicted molar refractivity (Wildman–Crippen MR) is 91.6 cm³/mol. The zero-order valence-corrected chi connectivity index (χ0v) is 14.9. The van der Waals surface area contributed by atoms with Gasteiger partial charge in [-0.2, -0.15) is 0 Å². The number of hydrogen-bond acceptors (Lipinski definition) is 4. The quantitative estimate of drug-likeness (QED) is 0.515. The summed E-state index contributed by atoms with van der Waals surface area (Å²) in [4.78, 5) is 22.9. The van der Waals surface area contributed by atoms with E-state index in [4.69, 9.17) is 28.6 Å². The molecule has 0 unspecified atom stereocenters. The lowest BCUT2D eigenvalue weighted by atomic mass is 10.3. The number of nitrogens with one attached hydrogen (secondary N) is 3. The highest BCUT2D eigenvalue weighted by molar-refractivity contribution is 9.10. The summed E-state index contributed by atoms with van der Waals surface area (Å²) in [6.07, 6.45) is 1.07. The van der Waals surface area contributed by atoms with Crippen molar-refractivity contribution < 1.29 is 14.3 Å². The molecule has 0 bridgehead atoms. The fourth-order valence-electron chi connectivity index (χ4n) is 1.35. The third kappa shape index (κ3) is 7.06. The van der Waals surface area contributed by atoms with E-state index in [1.165, 1.54) is 0 Å². The van der Waals surface area contributed by atoms with Gasteiger partial charge in [-0.15, -0.1) is 0 Å². The molecule has 0 radical (unpaired) electrons. The maximum atomic E-state index is 11.6. The van der Waals surface area contributed by atoms with Gasteiger partial charge in [0.1, 0.15) is 5.75 Å². The third-order valence-corrected chi connectivity index (χ3v) is 3.29. The molecule has 1 aromatic carbocycles. The minimum Gasteiger partial charge on any atom is -0.482 e. The topological polar surface area (TPSA) is 79.5 Å². The molecule has 3 N–H and O–H groups in total. The molecule has 0 aromatic heterocycles. The van der Waals surface area contributed by atoms with Crippen LogP contribution in [0.15, 0.2) is 22.7 Å². The fraction of sp³-hybridized carbons (Fsp3) is 0.308. The molecule has 0 atom stereocenters. The van der Waals surface area contributed by atoms with Crippen molar-refractivity contribution in [1.82, 2.24) is 16.2 Å². The molecule has 2 amide bonds. The van der Waals surface area contributed by atoms with E-state index in [1.807, 2.05) is 6.92 Å². The van der Waals surface area contributed by atoms with Crippen LogP contribution in [0.5, 0.6) is 5.75 Å². The fourth-order valence-corrected chi connectivity index (χ4v) is 2.24. The van der Waals surface area contributed by atoms with Crippen LogP contribution in [0.2, 0.25) is 5.02 Å². The van der Waals surface area contributed by atoms with Crippen LogP contribution in [-0.4, -0.2) is 23.5 Å². The van der Waals surface area contributed by atoms with E-state index in [2.05, 4.69) is 32.1 Å². The first kappa shape index (κ1) is 18.7. The molecule has 6 nitrogen and oxygen atoms in total. The minimum atomic E-state index is -0.467. The van der Waals surface area contributed by atoms with Gasteiger partial charge < -0.3 is 10.1 Å². The number of hydrazine groups is 1. The molecule has 0 aliphatic heterocycles. The zero-order valence-electron chi connectivity index (χ0n) is 11.7. The normalized spacial score (nSPS) is 9.77. The lowest BCUT2D eigenvalue weighted by molar-refractivity contribution is -0.124. The molecule has 0 aliphatic carbocycles. The molecule has 0 heterocycles. The Morgan fingerprint density at radius 1 is 1.32 bits per heavy atom. The Kier molecular flexibility index (Phi) is 8.15. The van der Waals surface area contributed by atoms with Crippen LogP contribution in [0, 0.1) is 0 Å². The summed E-state index contributed by atoms with van der Waals surface area (Å²) in [6, 6.07) is 5.05. The van der Waals surface area contributed by atoms with Crippen LogP contribution in [0.3, 0.4) is 0 Å². The molecular formula is C13H15BrClN3O3S. The Bertz CT molecular complexity index is 571. The van der Waals surface area contributed by atoms with Crippen molar-refractivity contribution in [3.63, 3.8) is 0 Å². The van der Waals surface area contributed by atoms with Gasteiger partial charge in [-0.3, -0.25) is 20.4 Å². The van der Waals surface area contributed by atoms with Gasteiger partial charge in [-0.25, -0.2) is 0 Å². The third-order valence-electron chi connectivity index (χ3n) is 2.30. The monoisotopic (exact) mass is 407 g/mol. The second-order valence-electron chi connectivity index (χ2n) is 4.16. The van der Waals surface area contributed by atoms with Crippen molar-refractivity contribution in [3.8, 4) is 5.75 Å². The van der Waals surface area contributed by atoms with E-state index in [0.717, 1.165) is 4.47 Å². The summed E-state index contributed by atoms with van der Waals surface area (Å²) in [7, 11) is 0. The van der Waals surface area contributed by atoms with Gasteiger partial charge in [-0.05, 0) is 36.8 Å². The SMILES string of the molecule is CCCC(=O)NC(=S)NNC(=O)COc1ccc(Br)cc1Cl. The Morgan fingerprint density at radius 3 is 2.68 bits per heavy atom. The molecule has 9 heteroatoms. The van der Waals surface area contributed by atoms with Crippen molar-refractivity contribution in [2.45, 2.75) is 19.8 Å². The second-order valence-corrected chi connectivity index (χ2v) is 5.90. The van der Waals surface area contributed by atoms with Crippen LogP contribution in [0.1, 0.15) is 19.8 Å². The Labute approximate surface area is 147 Å². The zero-order chi connectivity index (χ0) is 16.5. The average molecular weight is 409 g/mol. The summed E-state index contributed by atoms with van der Waals surface area (Å²) in [5, 5.41) is 2.83. The number of carbonyl (C=O) groups is 2. The smallest absolute Gasteiger partial charge is 0.276 e. The van der Waals surface area contributed by atoms with Crippen molar-refractivity contribution in [3.05, 3.63) is 27.7 Å². The number of carbonyl (C=O) groups excluding carboxylic acids is 2. The molecule has 1 rings (SSSR count). The number of halogens is 2. The summed E-state index contributed by atoms with van der Waals surface area (Å²) < 4.78 is 6.08. The van der Waals surface area contributed by atoms with E-state index >= 15 is 0 Å². The van der Waals surface area contributed by atoms with Gasteiger partial charge in [-0.1, -0.05) is 34.5 Å². The van der Waals surface area contributed by atoms with Gasteiger partial charge in [0.05, 0.1) is 5.02 Å². The molecule has 1 aromatic rings. The van der Waals surface area contributed by atoms with Crippen LogP contribution >= 0.6 is 39.7 Å². The first-order chi connectivity index (χ1) is 10.4. The molecule has 0 spiro atoms. The first-order valence-corrected chi connectivity index (χ1v) is 7.96. The molecular weight excluding hydrogens is 394 g/mol. The molecule has 0 aliphatic rings. The highest BCUT2D eigenvalue weighted by atomic mass is 79.9. The van der Waals surface area contributed by atoms with Crippen molar-refractivity contribution in [2.75, 3.05) is 6.61 Å². The van der Waals surface area contributed by atoms with Crippen molar-refractivity contribution in [2.24, 2.45) is 0 Å². The Balaban J connectivity index is 2.31. The lowest BCUT2D eigenvalue weighted by Gasteiger charge is -2.11. The molecule has 120 valence electrons. The van der Waals surface area contributed by atoms with Crippen LogP contribution < -0.4 is 20.9 Å². The van der Waals surface area contributed by atoms with Crippen molar-refractivity contribution >= 4 is 56.7 Å². The van der Waals surface area contributed by atoms with Gasteiger partial charge in [0.2, 0.25) is 5.91 Å². The largest absolute Gasteiger partial charge is 0.482 e. The molecule has 0 saturated carbocycles. The van der Waals surface area contributed by atoms with E-state index in [0.29, 0.717) is 23.6 Å². The summed E-state index contributed by atoms with van der Waals surface area (Å²) >= 11 is 14.1. The number of amides is 2. The standard InChI is InChI=1S/C13H15BrClN3O3S/c1-2-3-11(19)16-13(22)18-17-12(20)7-21-10-5-4-8(14)6-9(10)15/h4-6H,2-3,7H2,1H3,(H,17,20)(H2,16,18,19,22). The maximum absolute atomic E-state index is 11.6. The van der Waals surface area contributed by atoms with Crippen LogP contribution in [0.25, 0.3) is 0 Å². The summed E-state index contributed by atoms with van der Waals surface area (Å²) in [5.41, 5.74) is 4.72. The number of hydrogen-bond donors (Lipinski definition) is 3. The van der Waals surface area contributed by atoms with E-state index in [-0.39, 0.29) is 17.6 Å². The molecule has 22 heavy (non-hydrogen) atoms. The summed E-state index contributed by atoms with van der Waals surface area (Å²) in [5.74, 6) is -0.294. The van der Waals surface area contributed by atoms with Gasteiger partial charge in [0, 0.05) is 10.9 Å². The van der Waals surface area contributed by atoms with Gasteiger partial charge in [0.15, 0.2) is 11.7 Å². The average Bonchev–Trinajstić information content (AvgIpc) is 2.44. The predicted octanol–water partition coefficient (Wildman–Crippen LogP) is 2.30. The Morgan fingerprint density at radius 2 is 2.05 bits per heavy atom. The van der Waals surface area contributed by atoms with Crippen LogP contribution in [0.4, 0.5) is 0 Å². The molecule has 0 saturated heterocycles. The highest BCUT2D eigenvalue weighted by Gasteiger charge is 2.08. The van der Waals surface area contributed by atoms with Crippen molar-refractivity contribution in [1.29, 1.82) is 0 Å². The van der Waals surface area contributed by atoms with Crippen LogP contribution in [-0.2, 0) is 9.59 Å². The lowest BCUT2D eigenvalue weighted by Crippen LogP contribution is -2.49. The maximum Gasteiger partial charge on any atom is 0.276 e. The highest BCUT2D eigenvalue weighted by Crippen LogP contribution is 2.27. The second kappa shape index (κ2) is 9.60. The Hall–Kier alpha value is -1.38.